The lowest BCUT2D eigenvalue weighted by atomic mass is 10.1. The number of methoxy groups -OCH3 is 2. The van der Waals surface area contributed by atoms with Crippen molar-refractivity contribution in [1.82, 2.24) is 4.57 Å². The molecule has 0 N–H and O–H groups in total. The number of benzene rings is 2. The van der Waals surface area contributed by atoms with E-state index in [0.29, 0.717) is 6.54 Å². The summed E-state index contributed by atoms with van der Waals surface area (Å²) in [6.07, 6.45) is 1.69. The fourth-order valence-corrected chi connectivity index (χ4v) is 4.21. The van der Waals surface area contributed by atoms with Crippen LogP contribution in [0.1, 0.15) is 16.9 Å². The van der Waals surface area contributed by atoms with Crippen LogP contribution >= 0.6 is 11.3 Å². The highest BCUT2D eigenvalue weighted by atomic mass is 32.1. The molecule has 0 spiro atoms. The maximum Gasteiger partial charge on any atom is 0.190 e. The highest BCUT2D eigenvalue weighted by Crippen LogP contribution is 2.34. The lowest BCUT2D eigenvalue weighted by Gasteiger charge is -2.13. The zero-order chi connectivity index (χ0) is 21.1. The van der Waals surface area contributed by atoms with Gasteiger partial charge < -0.3 is 18.5 Å². The van der Waals surface area contributed by atoms with E-state index in [9.17, 15) is 0 Å². The van der Waals surface area contributed by atoms with Crippen LogP contribution in [0.5, 0.6) is 11.5 Å². The molecule has 0 unspecified atom stereocenters. The summed E-state index contributed by atoms with van der Waals surface area (Å²) in [5.41, 5.74) is 5.29. The van der Waals surface area contributed by atoms with E-state index in [-0.39, 0.29) is 0 Å². The third kappa shape index (κ3) is 4.04. The van der Waals surface area contributed by atoms with Crippen molar-refractivity contribution in [2.24, 2.45) is 4.99 Å². The van der Waals surface area contributed by atoms with Crippen molar-refractivity contribution >= 4 is 17.0 Å². The number of furan rings is 1. The highest BCUT2D eigenvalue weighted by molar-refractivity contribution is 7.07. The number of aromatic nitrogens is 1. The van der Waals surface area contributed by atoms with Crippen molar-refractivity contribution in [3.8, 4) is 22.8 Å². The van der Waals surface area contributed by atoms with Gasteiger partial charge in [-0.1, -0.05) is 12.1 Å². The molecule has 5 nitrogen and oxygen atoms in total. The Labute approximate surface area is 179 Å². The van der Waals surface area contributed by atoms with E-state index in [4.69, 9.17) is 18.9 Å². The molecule has 0 saturated heterocycles. The van der Waals surface area contributed by atoms with Gasteiger partial charge in [-0.3, -0.25) is 0 Å². The Balaban J connectivity index is 1.90. The van der Waals surface area contributed by atoms with Crippen LogP contribution in [0.2, 0.25) is 0 Å². The third-order valence-corrected chi connectivity index (χ3v) is 5.82. The van der Waals surface area contributed by atoms with Gasteiger partial charge in [0.25, 0.3) is 0 Å². The van der Waals surface area contributed by atoms with Crippen LogP contribution in [0.25, 0.3) is 11.3 Å². The predicted octanol–water partition coefficient (Wildman–Crippen LogP) is 5.72. The summed E-state index contributed by atoms with van der Waals surface area (Å²) in [6.45, 7) is 4.73. The molecule has 4 aromatic rings. The Kier molecular flexibility index (Phi) is 5.77. The summed E-state index contributed by atoms with van der Waals surface area (Å²) in [7, 11) is 3.32. The molecule has 30 heavy (non-hydrogen) atoms. The topological polar surface area (TPSA) is 48.9 Å². The van der Waals surface area contributed by atoms with E-state index in [1.807, 2.05) is 30.3 Å². The van der Waals surface area contributed by atoms with Gasteiger partial charge in [0.05, 0.1) is 38.4 Å². The summed E-state index contributed by atoms with van der Waals surface area (Å²) in [4.78, 5) is 5.89. The van der Waals surface area contributed by atoms with Gasteiger partial charge >= 0.3 is 0 Å². The normalized spacial score (nSPS) is 11.7. The summed E-state index contributed by atoms with van der Waals surface area (Å²) >= 11 is 1.60. The van der Waals surface area contributed by atoms with Crippen LogP contribution < -0.4 is 14.3 Å². The molecule has 4 rings (SSSR count). The first kappa shape index (κ1) is 20.0. The monoisotopic (exact) mass is 420 g/mol. The maximum atomic E-state index is 5.65. The Morgan fingerprint density at radius 2 is 1.90 bits per heavy atom. The van der Waals surface area contributed by atoms with Crippen LogP contribution in [0.15, 0.2) is 69.6 Å². The van der Waals surface area contributed by atoms with E-state index in [0.717, 1.165) is 44.6 Å². The fraction of sp³-hybridized carbons (Fsp3) is 0.208. The first-order valence-electron chi connectivity index (χ1n) is 9.64. The molecule has 0 atom stereocenters. The Morgan fingerprint density at radius 1 is 1.03 bits per heavy atom. The van der Waals surface area contributed by atoms with Crippen molar-refractivity contribution in [1.29, 1.82) is 0 Å². The number of thiazole rings is 1. The maximum absolute atomic E-state index is 5.65. The van der Waals surface area contributed by atoms with E-state index < -0.39 is 0 Å². The fourth-order valence-electron chi connectivity index (χ4n) is 3.30. The molecule has 0 radical (unpaired) electrons. The molecular formula is C24H24N2O3S. The lowest BCUT2D eigenvalue weighted by Crippen LogP contribution is -2.16. The number of hydrogen-bond donors (Lipinski definition) is 0. The highest BCUT2D eigenvalue weighted by Gasteiger charge is 2.15. The zero-order valence-corrected chi connectivity index (χ0v) is 18.3. The lowest BCUT2D eigenvalue weighted by molar-refractivity contribution is 0.395. The van der Waals surface area contributed by atoms with Gasteiger partial charge in [0, 0.05) is 17.0 Å². The molecular weight excluding hydrogens is 396 g/mol. The molecule has 0 aliphatic heterocycles. The van der Waals surface area contributed by atoms with Gasteiger partial charge in [0.2, 0.25) is 0 Å². The smallest absolute Gasteiger partial charge is 0.190 e. The van der Waals surface area contributed by atoms with Gasteiger partial charge in [-0.15, -0.1) is 11.3 Å². The summed E-state index contributed by atoms with van der Waals surface area (Å²) < 4.78 is 18.8. The number of nitrogens with zero attached hydrogens (tertiary/aromatic N) is 2. The molecule has 2 heterocycles. The van der Waals surface area contributed by atoms with Crippen LogP contribution in [-0.2, 0) is 6.54 Å². The SMILES string of the molecule is COc1ccc(-c2csc(=Nc3cc(C)ccc3C)n2Cc2ccco2)c(OC)c1. The minimum Gasteiger partial charge on any atom is -0.497 e. The first-order chi connectivity index (χ1) is 14.6. The zero-order valence-electron chi connectivity index (χ0n) is 17.5. The molecule has 0 amide bonds. The largest absolute Gasteiger partial charge is 0.497 e. The van der Waals surface area contributed by atoms with Crippen molar-refractivity contribution < 1.29 is 13.9 Å². The van der Waals surface area contributed by atoms with Gasteiger partial charge in [-0.25, -0.2) is 4.99 Å². The van der Waals surface area contributed by atoms with Crippen LogP contribution in [-0.4, -0.2) is 18.8 Å². The third-order valence-electron chi connectivity index (χ3n) is 4.96. The molecule has 0 saturated carbocycles. The molecule has 2 aromatic carbocycles. The molecule has 0 bridgehead atoms. The second-order valence-electron chi connectivity index (χ2n) is 7.04. The van der Waals surface area contributed by atoms with Crippen LogP contribution in [0, 0.1) is 13.8 Å². The standard InChI is InChI=1S/C24H24N2O3S/c1-16-7-8-17(2)21(12-16)25-24-26(14-19-6-5-11-29-19)22(15-30-24)20-10-9-18(27-3)13-23(20)28-4/h5-13,15H,14H2,1-4H3. The first-order valence-corrected chi connectivity index (χ1v) is 10.5. The van der Waals surface area contributed by atoms with Crippen molar-refractivity contribution in [3.63, 3.8) is 0 Å². The number of rotatable bonds is 6. The van der Waals surface area contributed by atoms with Gasteiger partial charge in [0.1, 0.15) is 17.3 Å². The van der Waals surface area contributed by atoms with E-state index in [1.54, 1.807) is 31.8 Å². The van der Waals surface area contributed by atoms with Crippen LogP contribution in [0.3, 0.4) is 0 Å². The average Bonchev–Trinajstić information content (AvgIpc) is 3.41. The predicted molar refractivity (Wildman–Crippen MR) is 120 cm³/mol. The molecule has 154 valence electrons. The summed E-state index contributed by atoms with van der Waals surface area (Å²) in [6, 6.07) is 16.0. The molecule has 0 aliphatic carbocycles. The van der Waals surface area contributed by atoms with Gasteiger partial charge in [-0.2, -0.15) is 0 Å². The molecule has 6 heteroatoms. The van der Waals surface area contributed by atoms with Gasteiger partial charge in [-0.05, 0) is 55.3 Å². The number of aryl methyl sites for hydroxylation is 2. The number of ether oxygens (including phenoxy) is 2. The summed E-state index contributed by atoms with van der Waals surface area (Å²) in [5.74, 6) is 2.37. The van der Waals surface area contributed by atoms with Crippen LogP contribution in [0.4, 0.5) is 5.69 Å². The van der Waals surface area contributed by atoms with E-state index in [1.165, 1.54) is 5.56 Å². The number of hydrogen-bond acceptors (Lipinski definition) is 5. The quantitative estimate of drug-likeness (QED) is 0.401. The summed E-state index contributed by atoms with van der Waals surface area (Å²) in [5, 5.41) is 2.11. The average molecular weight is 421 g/mol. The van der Waals surface area contributed by atoms with Crippen molar-refractivity contribution in [2.45, 2.75) is 20.4 Å². The molecule has 0 aliphatic rings. The minimum absolute atomic E-state index is 0.574. The Bertz CT molecular complexity index is 1220. The second kappa shape index (κ2) is 8.63. The van der Waals surface area contributed by atoms with E-state index in [2.05, 4.69) is 42.0 Å². The van der Waals surface area contributed by atoms with E-state index >= 15 is 0 Å². The van der Waals surface area contributed by atoms with Gasteiger partial charge in [0.15, 0.2) is 4.80 Å². The van der Waals surface area contributed by atoms with Crippen molar-refractivity contribution in [2.75, 3.05) is 14.2 Å². The minimum atomic E-state index is 0.574. The Hall–Kier alpha value is -3.25. The molecule has 2 aromatic heterocycles. The second-order valence-corrected chi connectivity index (χ2v) is 7.87. The van der Waals surface area contributed by atoms with Crippen molar-refractivity contribution in [3.05, 3.63) is 81.9 Å². The Morgan fingerprint density at radius 3 is 2.63 bits per heavy atom. The molecule has 0 fully saturated rings.